The maximum Gasteiger partial charge on any atom is 0.325 e. The molecule has 3 heterocycles. The number of nitrogens with two attached hydrogens (primary N) is 1. The van der Waals surface area contributed by atoms with E-state index in [0.29, 0.717) is 11.3 Å². The predicted octanol–water partition coefficient (Wildman–Crippen LogP) is -0.310. The quantitative estimate of drug-likeness (QED) is 0.198. The summed E-state index contributed by atoms with van der Waals surface area (Å²) in [6.45, 7) is 0.854. The van der Waals surface area contributed by atoms with Crippen LogP contribution < -0.4 is 10.6 Å². The summed E-state index contributed by atoms with van der Waals surface area (Å²) >= 11 is 2.20. The fourth-order valence-corrected chi connectivity index (χ4v) is 7.38. The number of carbonyl (C=O) groups is 4. The van der Waals surface area contributed by atoms with Crippen LogP contribution in [0.15, 0.2) is 29.4 Å². The Bertz CT molecular complexity index is 1240. The number of aliphatic carboxylic acids is 2. The Morgan fingerprint density at radius 1 is 1.32 bits per heavy atom. The third kappa shape index (κ3) is 4.43. The highest BCUT2D eigenvalue weighted by atomic mass is 32.2. The topological polar surface area (TPSA) is 194 Å². The maximum atomic E-state index is 13.6. The molecular formula is C21H25N7O7S2. The summed E-state index contributed by atoms with van der Waals surface area (Å²) in [5, 5.41) is 29.5. The van der Waals surface area contributed by atoms with Crippen LogP contribution in [0.2, 0.25) is 0 Å². The second-order valence-corrected chi connectivity index (χ2v) is 10.6. The van der Waals surface area contributed by atoms with E-state index >= 15 is 0 Å². The van der Waals surface area contributed by atoms with Crippen molar-refractivity contribution in [3.8, 4) is 0 Å². The van der Waals surface area contributed by atoms with Crippen LogP contribution in [0.3, 0.4) is 0 Å². The molecule has 0 bridgehead atoms. The first-order valence-corrected chi connectivity index (χ1v) is 13.1. The molecule has 1 aromatic heterocycles. The first-order valence-electron chi connectivity index (χ1n) is 11.0. The second-order valence-electron chi connectivity index (χ2n) is 8.57. The number of para-hydroxylation sites is 1. The highest BCUT2D eigenvalue weighted by Gasteiger charge is 2.70. The number of nitrogens with zero attached hydrogens (tertiary/aromatic N) is 6. The number of thioether (sulfide) groups is 2. The number of benzene rings is 1. The van der Waals surface area contributed by atoms with Gasteiger partial charge < -0.3 is 25.6 Å². The zero-order valence-corrected chi connectivity index (χ0v) is 21.6. The van der Waals surface area contributed by atoms with E-state index < -0.39 is 46.8 Å². The van der Waals surface area contributed by atoms with E-state index in [0.717, 1.165) is 16.4 Å². The molecule has 1 aromatic carbocycles. The van der Waals surface area contributed by atoms with E-state index in [-0.39, 0.29) is 29.8 Å². The third-order valence-electron chi connectivity index (χ3n) is 6.30. The zero-order chi connectivity index (χ0) is 27.0. The van der Waals surface area contributed by atoms with Crippen LogP contribution in [-0.4, -0.2) is 95.3 Å². The van der Waals surface area contributed by atoms with Crippen molar-refractivity contribution in [3.05, 3.63) is 29.8 Å². The van der Waals surface area contributed by atoms with Gasteiger partial charge in [0.05, 0.1) is 5.69 Å². The number of carboxylic acids is 2. The van der Waals surface area contributed by atoms with Crippen LogP contribution >= 0.6 is 23.5 Å². The predicted molar refractivity (Wildman–Crippen MR) is 131 cm³/mol. The highest BCUT2D eigenvalue weighted by molar-refractivity contribution is 8.00. The molecule has 4 rings (SSSR count). The summed E-state index contributed by atoms with van der Waals surface area (Å²) in [6.07, 6.45) is 0. The number of aromatic nitrogens is 4. The number of ether oxygens (including phenoxy) is 1. The lowest BCUT2D eigenvalue weighted by atomic mass is 9.87. The van der Waals surface area contributed by atoms with E-state index in [2.05, 4.69) is 15.5 Å². The zero-order valence-electron chi connectivity index (χ0n) is 19.9. The van der Waals surface area contributed by atoms with Crippen LogP contribution in [0.5, 0.6) is 0 Å². The van der Waals surface area contributed by atoms with Gasteiger partial charge in [-0.3, -0.25) is 24.1 Å². The van der Waals surface area contributed by atoms with Crippen LogP contribution in [0.4, 0.5) is 5.69 Å². The molecule has 2 fully saturated rings. The summed E-state index contributed by atoms with van der Waals surface area (Å²) in [7, 11) is 1.34. The molecule has 2 aromatic rings. The van der Waals surface area contributed by atoms with Crippen molar-refractivity contribution in [3.63, 3.8) is 0 Å². The summed E-state index contributed by atoms with van der Waals surface area (Å²) in [4.78, 5) is 52.7. The summed E-state index contributed by atoms with van der Waals surface area (Å²) in [5.74, 6) is -3.15. The normalized spacial score (nSPS) is 24.8. The monoisotopic (exact) mass is 551 g/mol. The van der Waals surface area contributed by atoms with Gasteiger partial charge in [0, 0.05) is 38.6 Å². The number of methoxy groups -OCH3 is 1. The molecule has 0 radical (unpaired) electrons. The fourth-order valence-electron chi connectivity index (χ4n) is 4.51. The Labute approximate surface area is 219 Å². The lowest BCUT2D eigenvalue weighted by Gasteiger charge is -2.61. The molecule has 2 saturated heterocycles. The summed E-state index contributed by atoms with van der Waals surface area (Å²) in [6, 6.07) is 6.95. The van der Waals surface area contributed by atoms with E-state index in [4.69, 9.17) is 15.6 Å². The van der Waals surface area contributed by atoms with Crippen molar-refractivity contribution < 1.29 is 34.1 Å². The van der Waals surface area contributed by atoms with Gasteiger partial charge in [0.25, 0.3) is 11.6 Å². The number of amides is 2. The SMILES string of the molecule is COC1(N(C(C)=O)c2ccccc2CN)C(=O)N2CC(CSc3nnnn3CC(=O)O)(C(=O)O)CS[C@@H]21. The molecule has 0 saturated carbocycles. The number of hydrogen-bond donors (Lipinski definition) is 3. The van der Waals surface area contributed by atoms with Gasteiger partial charge in [0.15, 0.2) is 0 Å². The van der Waals surface area contributed by atoms with Crippen molar-refractivity contribution in [2.45, 2.75) is 36.3 Å². The van der Waals surface area contributed by atoms with Crippen LogP contribution in [-0.2, 0) is 37.0 Å². The number of hydrogen-bond acceptors (Lipinski definition) is 11. The van der Waals surface area contributed by atoms with Gasteiger partial charge in [-0.1, -0.05) is 30.0 Å². The van der Waals surface area contributed by atoms with Gasteiger partial charge in [-0.2, -0.15) is 0 Å². The van der Waals surface area contributed by atoms with Gasteiger partial charge in [-0.15, -0.1) is 16.9 Å². The molecule has 3 atom stereocenters. The van der Waals surface area contributed by atoms with Crippen molar-refractivity contribution in [1.82, 2.24) is 25.1 Å². The van der Waals surface area contributed by atoms with E-state index in [1.54, 1.807) is 24.3 Å². The molecule has 2 aliphatic rings. The van der Waals surface area contributed by atoms with E-state index in [1.807, 2.05) is 0 Å². The highest BCUT2D eigenvalue weighted by Crippen LogP contribution is 2.52. The molecule has 0 spiro atoms. The smallest absolute Gasteiger partial charge is 0.325 e. The summed E-state index contributed by atoms with van der Waals surface area (Å²) in [5.41, 5.74) is 3.94. The number of anilines is 1. The molecular weight excluding hydrogens is 526 g/mol. The van der Waals surface area contributed by atoms with Gasteiger partial charge in [0.2, 0.25) is 11.1 Å². The van der Waals surface area contributed by atoms with Gasteiger partial charge in [0.1, 0.15) is 17.3 Å². The number of carbonyl (C=O) groups excluding carboxylic acids is 2. The minimum absolute atomic E-state index is 0.0156. The molecule has 198 valence electrons. The van der Waals surface area contributed by atoms with Crippen molar-refractivity contribution in [2.24, 2.45) is 11.1 Å². The fraction of sp³-hybridized carbons (Fsp3) is 0.476. The largest absolute Gasteiger partial charge is 0.481 e. The molecule has 2 aliphatic heterocycles. The van der Waals surface area contributed by atoms with Crippen molar-refractivity contribution in [2.75, 3.05) is 30.1 Å². The molecule has 4 N–H and O–H groups in total. The standard InChI is InChI=1S/C21H25N7O7S2/c1-12(29)28(14-6-4-3-5-13(14)7-22)21(35-2)16(32)26-9-20(18(33)34,10-36-17(21)26)11-37-19-23-24-25-27(19)8-15(30)31/h3-6,17H,7-11,22H2,1-2H3,(H,30,31)(H,33,34)/t17-,20?,21?/m1/s1. The Morgan fingerprint density at radius 2 is 2.05 bits per heavy atom. The number of fused-ring (bicyclic) bond motifs is 1. The maximum absolute atomic E-state index is 13.6. The lowest BCUT2D eigenvalue weighted by Crippen LogP contribution is -2.83. The minimum Gasteiger partial charge on any atom is -0.481 e. The average Bonchev–Trinajstić information content (AvgIpc) is 3.31. The Hall–Kier alpha value is -3.21. The van der Waals surface area contributed by atoms with Crippen molar-refractivity contribution in [1.29, 1.82) is 0 Å². The molecule has 37 heavy (non-hydrogen) atoms. The Kier molecular flexibility index (Phi) is 7.45. The number of rotatable bonds is 10. The Balaban J connectivity index is 1.60. The van der Waals surface area contributed by atoms with Crippen LogP contribution in [0, 0.1) is 5.41 Å². The second kappa shape index (κ2) is 10.3. The van der Waals surface area contributed by atoms with Crippen LogP contribution in [0.25, 0.3) is 0 Å². The first kappa shape index (κ1) is 26.8. The van der Waals surface area contributed by atoms with Gasteiger partial charge in [-0.05, 0) is 22.1 Å². The molecule has 0 aliphatic carbocycles. The van der Waals surface area contributed by atoms with Gasteiger partial charge in [-0.25, -0.2) is 4.68 Å². The van der Waals surface area contributed by atoms with Crippen LogP contribution in [0.1, 0.15) is 12.5 Å². The minimum atomic E-state index is -1.66. The number of tetrazole rings is 1. The average molecular weight is 552 g/mol. The molecule has 2 unspecified atom stereocenters. The number of β-lactam (4-membered cyclic amide) rings is 1. The van der Waals surface area contributed by atoms with Gasteiger partial charge >= 0.3 is 11.9 Å². The third-order valence-corrected chi connectivity index (χ3v) is 9.16. The van der Waals surface area contributed by atoms with E-state index in [9.17, 15) is 24.3 Å². The van der Waals surface area contributed by atoms with E-state index in [1.165, 1.54) is 35.6 Å². The summed E-state index contributed by atoms with van der Waals surface area (Å²) < 4.78 is 6.81. The molecule has 16 heteroatoms. The van der Waals surface area contributed by atoms with Crippen molar-refractivity contribution >= 4 is 53.0 Å². The Morgan fingerprint density at radius 3 is 2.68 bits per heavy atom. The molecule has 14 nitrogen and oxygen atoms in total. The molecule has 2 amide bonds. The number of carboxylic acid groups (broad SMARTS) is 2. The first-order chi connectivity index (χ1) is 17.6. The lowest BCUT2D eigenvalue weighted by molar-refractivity contribution is -0.192.